The highest BCUT2D eigenvalue weighted by Gasteiger charge is 2.45. The van der Waals surface area contributed by atoms with E-state index < -0.39 is 49.0 Å². The lowest BCUT2D eigenvalue weighted by Gasteiger charge is -2.34. The molecule has 2 fully saturated rings. The number of nitrogens with zero attached hydrogens (tertiary/aromatic N) is 6. The van der Waals surface area contributed by atoms with Crippen LogP contribution in [0.5, 0.6) is 0 Å². The van der Waals surface area contributed by atoms with Gasteiger partial charge in [0.15, 0.2) is 41.3 Å². The number of carbonyl (C=O) groups excluding carboxylic acids is 2. The summed E-state index contributed by atoms with van der Waals surface area (Å²) in [5, 5.41) is 20.7. The molecule has 0 radical (unpaired) electrons. The topological polar surface area (TPSA) is 188 Å². The Hall–Kier alpha value is -4.98. The van der Waals surface area contributed by atoms with Crippen molar-refractivity contribution >= 4 is 87.6 Å². The van der Waals surface area contributed by atoms with Crippen LogP contribution >= 0.6 is 45.9 Å². The van der Waals surface area contributed by atoms with Crippen molar-refractivity contribution in [1.29, 1.82) is 0 Å². The molecular weight excluding hydrogens is 888 g/mol. The van der Waals surface area contributed by atoms with Crippen molar-refractivity contribution in [3.05, 3.63) is 129 Å². The Labute approximate surface area is 362 Å². The largest absolute Gasteiger partial charge is 0.296 e. The van der Waals surface area contributed by atoms with E-state index in [-0.39, 0.29) is 47.2 Å². The lowest BCUT2D eigenvalue weighted by molar-refractivity contribution is 0.101. The van der Waals surface area contributed by atoms with E-state index in [1.165, 1.54) is 22.7 Å². The summed E-state index contributed by atoms with van der Waals surface area (Å²) in [6.45, 7) is 0. The highest BCUT2D eigenvalue weighted by molar-refractivity contribution is 7.91. The van der Waals surface area contributed by atoms with Crippen LogP contribution in [0.15, 0.2) is 95.7 Å². The van der Waals surface area contributed by atoms with Crippen molar-refractivity contribution in [3.8, 4) is 22.5 Å². The molecule has 6 heterocycles. The smallest absolute Gasteiger partial charge is 0.277 e. The minimum atomic E-state index is -3.41. The number of aromatic nitrogens is 6. The van der Waals surface area contributed by atoms with Crippen molar-refractivity contribution in [1.82, 2.24) is 29.5 Å². The summed E-state index contributed by atoms with van der Waals surface area (Å²) < 4.78 is 54.8. The first-order valence-electron chi connectivity index (χ1n) is 18.8. The third-order valence-corrected chi connectivity index (χ3v) is 16.3. The molecule has 0 spiro atoms. The molecular formula is C40H34Cl2N8O6S4. The summed E-state index contributed by atoms with van der Waals surface area (Å²) in [7, 11) is -6.82. The molecule has 6 aromatic rings. The van der Waals surface area contributed by atoms with Crippen LogP contribution in [0, 0.1) is 0 Å². The Morgan fingerprint density at radius 1 is 0.683 bits per heavy atom. The van der Waals surface area contributed by atoms with Gasteiger partial charge in [-0.1, -0.05) is 71.8 Å². The number of rotatable bonds is 10. The second-order valence-electron chi connectivity index (χ2n) is 14.8. The molecule has 2 unspecified atom stereocenters. The third-order valence-electron chi connectivity index (χ3n) is 10.8. The highest BCUT2D eigenvalue weighted by atomic mass is 35.5. The van der Waals surface area contributed by atoms with E-state index in [0.29, 0.717) is 49.5 Å². The van der Waals surface area contributed by atoms with E-state index in [4.69, 9.17) is 33.4 Å². The van der Waals surface area contributed by atoms with Gasteiger partial charge in [0.05, 0.1) is 63.3 Å². The lowest BCUT2D eigenvalue weighted by atomic mass is 9.75. The zero-order valence-corrected chi connectivity index (χ0v) is 36.1. The standard InChI is InChI=1S/C40H34Cl2N8O6S4/c41-26-8-4-24(5-9-26)32-20-57-38(43-32)45-36(51)30-18-34(49(47-30)28-12-16-59(53,54)22-28)40(14-2-1-3-15-40)35-19-31(48-50(35)29-13-17-60(55,56)23-29)37(52)46-39-44-33(21-58-39)25-6-10-27(42)11-7-25/h1-11,14,18-21,28-29H,12-13,15-17,22-23H2,(H,43,45,51)(H,44,46,52). The van der Waals surface area contributed by atoms with Crippen LogP contribution in [0.3, 0.4) is 0 Å². The number of carbonyl (C=O) groups is 2. The average molecular weight is 922 g/mol. The number of hydrogen-bond acceptors (Lipinski definition) is 12. The van der Waals surface area contributed by atoms with Gasteiger partial charge >= 0.3 is 0 Å². The SMILES string of the molecule is O=C(Nc1nc(-c2ccc(Cl)cc2)cs1)c1cc(C2(c3cc(C(=O)Nc4nc(-c5ccc(Cl)cc5)cs4)nn3C3CCS(=O)(=O)C3)C=CC=CC2)n(C2CCS(=O)(=O)C2)n1. The summed E-state index contributed by atoms with van der Waals surface area (Å²) in [6, 6.07) is 16.4. The fourth-order valence-electron chi connectivity index (χ4n) is 7.79. The minimum Gasteiger partial charge on any atom is -0.296 e. The van der Waals surface area contributed by atoms with Crippen molar-refractivity contribution in [3.63, 3.8) is 0 Å². The van der Waals surface area contributed by atoms with Crippen LogP contribution in [-0.4, -0.2) is 81.2 Å². The van der Waals surface area contributed by atoms with E-state index in [0.717, 1.165) is 11.1 Å². The molecule has 20 heteroatoms. The zero-order chi connectivity index (χ0) is 41.8. The van der Waals surface area contributed by atoms with Gasteiger partial charge in [0.2, 0.25) is 0 Å². The Balaban J connectivity index is 1.11. The highest BCUT2D eigenvalue weighted by Crippen LogP contribution is 2.44. The number of anilines is 2. The van der Waals surface area contributed by atoms with Gasteiger partial charge in [0.1, 0.15) is 0 Å². The Morgan fingerprint density at radius 3 is 1.52 bits per heavy atom. The van der Waals surface area contributed by atoms with Gasteiger partial charge in [-0.05, 0) is 55.7 Å². The van der Waals surface area contributed by atoms with Gasteiger partial charge in [-0.2, -0.15) is 10.2 Å². The first-order chi connectivity index (χ1) is 28.7. The fourth-order valence-corrected chi connectivity index (χ4v) is 12.9. The van der Waals surface area contributed by atoms with Crippen LogP contribution in [0.2, 0.25) is 10.0 Å². The summed E-state index contributed by atoms with van der Waals surface area (Å²) in [5.74, 6) is -1.59. The van der Waals surface area contributed by atoms with Crippen molar-refractivity contribution < 1.29 is 26.4 Å². The van der Waals surface area contributed by atoms with E-state index in [1.54, 1.807) is 45.8 Å². The van der Waals surface area contributed by atoms with Gasteiger partial charge < -0.3 is 0 Å². The number of halogens is 2. The molecule has 0 saturated carbocycles. The van der Waals surface area contributed by atoms with Crippen LogP contribution in [0.4, 0.5) is 10.3 Å². The molecule has 2 aromatic carbocycles. The average Bonchev–Trinajstić information content (AvgIpc) is 4.09. The molecule has 3 aliphatic rings. The normalized spacial score (nSPS) is 21.6. The van der Waals surface area contributed by atoms with Crippen molar-refractivity contribution in [2.45, 2.75) is 36.8 Å². The minimum absolute atomic E-state index is 0.0209. The maximum Gasteiger partial charge on any atom is 0.277 e. The number of benzene rings is 2. The predicted molar refractivity (Wildman–Crippen MR) is 234 cm³/mol. The predicted octanol–water partition coefficient (Wildman–Crippen LogP) is 7.66. The van der Waals surface area contributed by atoms with Gasteiger partial charge in [0.25, 0.3) is 11.8 Å². The monoisotopic (exact) mass is 920 g/mol. The molecule has 60 heavy (non-hydrogen) atoms. The summed E-state index contributed by atoms with van der Waals surface area (Å²) >= 11 is 14.6. The number of hydrogen-bond donors (Lipinski definition) is 2. The molecule has 1 aliphatic carbocycles. The molecule has 14 nitrogen and oxygen atoms in total. The molecule has 2 N–H and O–H groups in total. The molecule has 0 bridgehead atoms. The number of amides is 2. The second-order valence-corrected chi connectivity index (χ2v) is 21.8. The van der Waals surface area contributed by atoms with Gasteiger partial charge in [-0.15, -0.1) is 22.7 Å². The van der Waals surface area contributed by atoms with Crippen molar-refractivity contribution in [2.75, 3.05) is 33.6 Å². The molecule has 308 valence electrons. The molecule has 2 aliphatic heterocycles. The Kier molecular flexibility index (Phi) is 10.6. The van der Waals surface area contributed by atoms with Gasteiger partial charge in [0, 0.05) is 31.9 Å². The molecule has 2 amide bonds. The fraction of sp³-hybridized carbons (Fsp3) is 0.250. The molecule has 2 saturated heterocycles. The van der Waals surface area contributed by atoms with E-state index in [2.05, 4.69) is 20.6 Å². The van der Waals surface area contributed by atoms with E-state index in [9.17, 15) is 26.4 Å². The van der Waals surface area contributed by atoms with E-state index >= 15 is 0 Å². The Bertz CT molecular complexity index is 2750. The molecule has 4 aromatic heterocycles. The summed E-state index contributed by atoms with van der Waals surface area (Å²) in [6.07, 6.45) is 8.36. The summed E-state index contributed by atoms with van der Waals surface area (Å²) in [4.78, 5) is 37.2. The van der Waals surface area contributed by atoms with Crippen LogP contribution in [-0.2, 0) is 25.1 Å². The van der Waals surface area contributed by atoms with Crippen LogP contribution in [0.25, 0.3) is 22.5 Å². The Morgan fingerprint density at radius 2 is 1.13 bits per heavy atom. The molecule has 2 atom stereocenters. The van der Waals surface area contributed by atoms with E-state index in [1.807, 2.05) is 59.3 Å². The second kappa shape index (κ2) is 15.8. The number of allylic oxidation sites excluding steroid dienone is 4. The van der Waals surface area contributed by atoms with Crippen LogP contribution in [0.1, 0.15) is 63.7 Å². The first kappa shape index (κ1) is 40.4. The maximum atomic E-state index is 14.0. The number of nitrogens with one attached hydrogen (secondary N) is 2. The van der Waals surface area contributed by atoms with Crippen LogP contribution < -0.4 is 10.6 Å². The van der Waals surface area contributed by atoms with Gasteiger partial charge in [-0.3, -0.25) is 29.6 Å². The first-order valence-corrected chi connectivity index (χ1v) is 24.9. The molecule has 9 rings (SSSR count). The van der Waals surface area contributed by atoms with Crippen molar-refractivity contribution in [2.24, 2.45) is 0 Å². The third kappa shape index (κ3) is 8.11. The number of thiazole rings is 2. The quantitative estimate of drug-likeness (QED) is 0.138. The number of sulfone groups is 2. The lowest BCUT2D eigenvalue weighted by Crippen LogP contribution is -2.34. The van der Waals surface area contributed by atoms with Gasteiger partial charge in [-0.25, -0.2) is 26.8 Å². The summed E-state index contributed by atoms with van der Waals surface area (Å²) in [5.41, 5.74) is 2.77. The zero-order valence-electron chi connectivity index (χ0n) is 31.4. The maximum absolute atomic E-state index is 14.0.